The fourth-order valence-electron chi connectivity index (χ4n) is 0.956. The Morgan fingerprint density at radius 3 is 2.18 bits per heavy atom. The monoisotopic (exact) mass is 158 g/mol. The van der Waals surface area contributed by atoms with E-state index < -0.39 is 11.4 Å². The molecule has 0 radical (unpaired) electrons. The number of amides is 2. The molecule has 0 aliphatic carbocycles. The summed E-state index contributed by atoms with van der Waals surface area (Å²) in [5.41, 5.74) is 4.43. The van der Waals surface area contributed by atoms with E-state index in [-0.39, 0.29) is 12.3 Å². The van der Waals surface area contributed by atoms with E-state index >= 15 is 0 Å². The van der Waals surface area contributed by atoms with Gasteiger partial charge in [0.25, 0.3) is 0 Å². The first-order chi connectivity index (χ1) is 4.83. The maximum Gasteiger partial charge on any atom is 0.219 e. The van der Waals surface area contributed by atoms with Gasteiger partial charge in [0, 0.05) is 18.9 Å². The summed E-state index contributed by atoms with van der Waals surface area (Å²) in [5, 5.41) is 2.61. The lowest BCUT2D eigenvalue weighted by atomic mass is 10.0. The highest BCUT2D eigenvalue weighted by Gasteiger charge is 2.20. The standard InChI is InChI=1S/C7H14N2O2/c1-5(10)9-7(2,3)4-6(8)11/h4H2,1-3H3,(H2,8,11)(H,9,10). The van der Waals surface area contributed by atoms with Gasteiger partial charge in [-0.3, -0.25) is 9.59 Å². The van der Waals surface area contributed by atoms with E-state index in [1.165, 1.54) is 6.92 Å². The van der Waals surface area contributed by atoms with Gasteiger partial charge in [0.1, 0.15) is 0 Å². The van der Waals surface area contributed by atoms with Crippen LogP contribution in [0.1, 0.15) is 27.2 Å². The van der Waals surface area contributed by atoms with Crippen molar-refractivity contribution in [1.29, 1.82) is 0 Å². The molecule has 0 rings (SSSR count). The van der Waals surface area contributed by atoms with Crippen LogP contribution in [0.5, 0.6) is 0 Å². The molecule has 0 aromatic heterocycles. The van der Waals surface area contributed by atoms with Crippen molar-refractivity contribution in [2.45, 2.75) is 32.7 Å². The zero-order valence-electron chi connectivity index (χ0n) is 7.10. The molecule has 2 amide bonds. The van der Waals surface area contributed by atoms with Crippen molar-refractivity contribution in [3.63, 3.8) is 0 Å². The van der Waals surface area contributed by atoms with Crippen molar-refractivity contribution in [2.24, 2.45) is 5.73 Å². The highest BCUT2D eigenvalue weighted by atomic mass is 16.2. The van der Waals surface area contributed by atoms with Gasteiger partial charge in [0.05, 0.1) is 0 Å². The van der Waals surface area contributed by atoms with Crippen LogP contribution in [0.25, 0.3) is 0 Å². The molecule has 0 aromatic carbocycles. The summed E-state index contributed by atoms with van der Waals surface area (Å²) in [7, 11) is 0. The first-order valence-corrected chi connectivity index (χ1v) is 3.40. The molecule has 0 atom stereocenters. The van der Waals surface area contributed by atoms with Gasteiger partial charge in [-0.05, 0) is 13.8 Å². The SMILES string of the molecule is CC(=O)NC(C)(C)CC(N)=O. The second kappa shape index (κ2) is 3.37. The zero-order chi connectivity index (χ0) is 9.07. The highest BCUT2D eigenvalue weighted by molar-refractivity contribution is 5.78. The Labute approximate surface area is 66.1 Å². The lowest BCUT2D eigenvalue weighted by Gasteiger charge is -2.23. The first kappa shape index (κ1) is 9.94. The second-order valence-corrected chi connectivity index (χ2v) is 3.21. The molecular weight excluding hydrogens is 144 g/mol. The van der Waals surface area contributed by atoms with E-state index in [4.69, 9.17) is 5.73 Å². The lowest BCUT2D eigenvalue weighted by molar-refractivity contribution is -0.122. The van der Waals surface area contributed by atoms with Crippen molar-refractivity contribution < 1.29 is 9.59 Å². The lowest BCUT2D eigenvalue weighted by Crippen LogP contribution is -2.45. The van der Waals surface area contributed by atoms with Crippen LogP contribution >= 0.6 is 0 Å². The minimum Gasteiger partial charge on any atom is -0.370 e. The van der Waals surface area contributed by atoms with Gasteiger partial charge in [-0.25, -0.2) is 0 Å². The largest absolute Gasteiger partial charge is 0.370 e. The molecule has 3 N–H and O–H groups in total. The van der Waals surface area contributed by atoms with E-state index in [2.05, 4.69) is 5.32 Å². The molecule has 0 saturated heterocycles. The van der Waals surface area contributed by atoms with Gasteiger partial charge < -0.3 is 11.1 Å². The fourth-order valence-corrected chi connectivity index (χ4v) is 0.956. The number of nitrogens with two attached hydrogens (primary N) is 1. The minimum absolute atomic E-state index is 0.156. The van der Waals surface area contributed by atoms with Crippen LogP contribution in [0.3, 0.4) is 0 Å². The summed E-state index contributed by atoms with van der Waals surface area (Å²) < 4.78 is 0. The van der Waals surface area contributed by atoms with Crippen LogP contribution < -0.4 is 11.1 Å². The molecule has 64 valence electrons. The third-order valence-corrected chi connectivity index (χ3v) is 1.13. The van der Waals surface area contributed by atoms with E-state index in [0.717, 1.165) is 0 Å². The molecule has 0 bridgehead atoms. The first-order valence-electron chi connectivity index (χ1n) is 3.40. The number of hydrogen-bond donors (Lipinski definition) is 2. The summed E-state index contributed by atoms with van der Waals surface area (Å²) in [4.78, 5) is 21.0. The van der Waals surface area contributed by atoms with E-state index in [1.807, 2.05) is 0 Å². The van der Waals surface area contributed by atoms with Crippen LogP contribution in [0, 0.1) is 0 Å². The molecule has 0 aliphatic rings. The van der Waals surface area contributed by atoms with Crippen LogP contribution in [-0.2, 0) is 9.59 Å². The van der Waals surface area contributed by atoms with Gasteiger partial charge >= 0.3 is 0 Å². The topological polar surface area (TPSA) is 72.2 Å². The normalized spacial score (nSPS) is 10.8. The van der Waals surface area contributed by atoms with Crippen molar-refractivity contribution in [3.8, 4) is 0 Å². The Morgan fingerprint density at radius 1 is 1.45 bits per heavy atom. The number of rotatable bonds is 3. The Morgan fingerprint density at radius 2 is 1.91 bits per heavy atom. The maximum atomic E-state index is 10.6. The van der Waals surface area contributed by atoms with Crippen LogP contribution in [0.4, 0.5) is 0 Å². The van der Waals surface area contributed by atoms with Gasteiger partial charge in [-0.15, -0.1) is 0 Å². The molecule has 11 heavy (non-hydrogen) atoms. The van der Waals surface area contributed by atoms with Gasteiger partial charge in [0.15, 0.2) is 0 Å². The quantitative estimate of drug-likeness (QED) is 0.595. The summed E-state index contributed by atoms with van der Waals surface area (Å²) >= 11 is 0. The fraction of sp³-hybridized carbons (Fsp3) is 0.714. The van der Waals surface area contributed by atoms with Crippen LogP contribution in [0.15, 0.2) is 0 Å². The van der Waals surface area contributed by atoms with E-state index in [1.54, 1.807) is 13.8 Å². The molecule has 0 heterocycles. The Hall–Kier alpha value is -1.06. The molecule has 0 aliphatic heterocycles. The van der Waals surface area contributed by atoms with Crippen LogP contribution in [-0.4, -0.2) is 17.4 Å². The molecule has 0 spiro atoms. The summed E-state index contributed by atoms with van der Waals surface area (Å²) in [5.74, 6) is -0.569. The second-order valence-electron chi connectivity index (χ2n) is 3.21. The van der Waals surface area contributed by atoms with Crippen molar-refractivity contribution in [2.75, 3.05) is 0 Å². The molecular formula is C7H14N2O2. The smallest absolute Gasteiger partial charge is 0.219 e. The number of hydrogen-bond acceptors (Lipinski definition) is 2. The Kier molecular flexibility index (Phi) is 3.04. The maximum absolute atomic E-state index is 10.6. The molecule has 4 heteroatoms. The predicted octanol–water partition coefficient (Wildman–Crippen LogP) is -0.223. The average Bonchev–Trinajstić information content (AvgIpc) is 1.53. The molecule has 0 aromatic rings. The Bertz CT molecular complexity index is 157. The van der Waals surface area contributed by atoms with Gasteiger partial charge in [0.2, 0.25) is 11.8 Å². The molecule has 0 unspecified atom stereocenters. The summed E-state index contributed by atoms with van der Waals surface area (Å²) in [6.45, 7) is 4.90. The highest BCUT2D eigenvalue weighted by Crippen LogP contribution is 2.06. The molecule has 4 nitrogen and oxygen atoms in total. The van der Waals surface area contributed by atoms with Crippen molar-refractivity contribution >= 4 is 11.8 Å². The zero-order valence-corrected chi connectivity index (χ0v) is 7.10. The summed E-state index contributed by atoms with van der Waals surface area (Å²) in [6.07, 6.45) is 0.159. The average molecular weight is 158 g/mol. The van der Waals surface area contributed by atoms with E-state index in [9.17, 15) is 9.59 Å². The predicted molar refractivity (Wildman–Crippen MR) is 41.7 cm³/mol. The number of carbonyl (C=O) groups excluding carboxylic acids is 2. The third-order valence-electron chi connectivity index (χ3n) is 1.13. The number of primary amides is 1. The van der Waals surface area contributed by atoms with Crippen molar-refractivity contribution in [3.05, 3.63) is 0 Å². The molecule has 0 fully saturated rings. The van der Waals surface area contributed by atoms with Crippen LogP contribution in [0.2, 0.25) is 0 Å². The number of carbonyl (C=O) groups is 2. The van der Waals surface area contributed by atoms with Crippen molar-refractivity contribution in [1.82, 2.24) is 5.32 Å². The molecule has 0 saturated carbocycles. The van der Waals surface area contributed by atoms with Gasteiger partial charge in [-0.2, -0.15) is 0 Å². The third kappa shape index (κ3) is 5.39. The number of nitrogens with one attached hydrogen (secondary N) is 1. The minimum atomic E-state index is -0.530. The Balaban J connectivity index is 3.99. The summed E-state index contributed by atoms with van der Waals surface area (Å²) in [6, 6.07) is 0. The van der Waals surface area contributed by atoms with E-state index in [0.29, 0.717) is 0 Å². The van der Waals surface area contributed by atoms with Gasteiger partial charge in [-0.1, -0.05) is 0 Å².